The van der Waals surface area contributed by atoms with Crippen LogP contribution in [-0.4, -0.2) is 38.7 Å². The maximum absolute atomic E-state index is 12.3. The van der Waals surface area contributed by atoms with Gasteiger partial charge in [0.05, 0.1) is 17.9 Å². The van der Waals surface area contributed by atoms with E-state index in [2.05, 4.69) is 10.6 Å². The summed E-state index contributed by atoms with van der Waals surface area (Å²) >= 11 is 0. The Balaban J connectivity index is 2.00. The Bertz CT molecular complexity index is 754. The van der Waals surface area contributed by atoms with Crippen LogP contribution in [0.1, 0.15) is 21.5 Å². The summed E-state index contributed by atoms with van der Waals surface area (Å²) in [5, 5.41) is 5.47. The van der Waals surface area contributed by atoms with Gasteiger partial charge in [-0.2, -0.15) is 0 Å². The Morgan fingerprint density at radius 1 is 1.00 bits per heavy atom. The van der Waals surface area contributed by atoms with Crippen molar-refractivity contribution in [2.45, 2.75) is 13.8 Å². The average molecular weight is 356 g/mol. The number of methoxy groups -OCH3 is 1. The molecule has 0 bridgehead atoms. The maximum Gasteiger partial charge on any atom is 0.262 e. The fraction of sp³-hybridized carbons (Fsp3) is 0.300. The van der Waals surface area contributed by atoms with Crippen molar-refractivity contribution in [1.29, 1.82) is 0 Å². The van der Waals surface area contributed by atoms with Crippen LogP contribution in [0, 0.1) is 13.8 Å². The predicted molar refractivity (Wildman–Crippen MR) is 101 cm³/mol. The highest BCUT2D eigenvalue weighted by atomic mass is 16.5. The van der Waals surface area contributed by atoms with Crippen molar-refractivity contribution in [2.75, 3.05) is 32.2 Å². The molecule has 2 N–H and O–H groups in total. The second kappa shape index (κ2) is 9.58. The number of hydrogen-bond donors (Lipinski definition) is 2. The van der Waals surface area contributed by atoms with Crippen LogP contribution in [0.15, 0.2) is 42.5 Å². The lowest BCUT2D eigenvalue weighted by Gasteiger charge is -2.13. The van der Waals surface area contributed by atoms with Crippen LogP contribution >= 0.6 is 0 Å². The lowest BCUT2D eigenvalue weighted by molar-refractivity contribution is -0.118. The number of aryl methyl sites for hydroxylation is 2. The number of rotatable bonds is 8. The molecule has 6 heteroatoms. The van der Waals surface area contributed by atoms with Crippen LogP contribution in [-0.2, 0) is 9.53 Å². The van der Waals surface area contributed by atoms with E-state index in [0.717, 1.165) is 11.1 Å². The van der Waals surface area contributed by atoms with E-state index in [1.165, 1.54) is 0 Å². The molecule has 6 nitrogen and oxygen atoms in total. The third-order valence-corrected chi connectivity index (χ3v) is 3.79. The highest BCUT2D eigenvalue weighted by Crippen LogP contribution is 2.22. The molecule has 0 saturated heterocycles. The zero-order valence-electron chi connectivity index (χ0n) is 15.3. The molecule has 0 spiro atoms. The molecule has 0 saturated carbocycles. The van der Waals surface area contributed by atoms with Gasteiger partial charge in [-0.1, -0.05) is 30.3 Å². The number of para-hydroxylation sites is 2. The fourth-order valence-electron chi connectivity index (χ4n) is 2.50. The second-order valence-electron chi connectivity index (χ2n) is 5.85. The molecule has 0 aliphatic carbocycles. The monoisotopic (exact) mass is 356 g/mol. The summed E-state index contributed by atoms with van der Waals surface area (Å²) in [5.41, 5.74) is 2.77. The SMILES string of the molecule is COCCNC(=O)c1ccccc1NC(=O)COc1c(C)cccc1C. The predicted octanol–water partition coefficient (Wildman–Crippen LogP) is 2.70. The van der Waals surface area contributed by atoms with Crippen molar-refractivity contribution in [3.05, 3.63) is 59.2 Å². The van der Waals surface area contributed by atoms with E-state index in [1.54, 1.807) is 31.4 Å². The highest BCUT2D eigenvalue weighted by Gasteiger charge is 2.13. The van der Waals surface area contributed by atoms with Crippen molar-refractivity contribution in [3.8, 4) is 5.75 Å². The number of amides is 2. The van der Waals surface area contributed by atoms with Gasteiger partial charge in [-0.05, 0) is 37.1 Å². The lowest BCUT2D eigenvalue weighted by Crippen LogP contribution is -2.29. The third-order valence-electron chi connectivity index (χ3n) is 3.79. The number of benzene rings is 2. The molecule has 26 heavy (non-hydrogen) atoms. The molecule has 2 aromatic carbocycles. The Kier molecular flexibility index (Phi) is 7.17. The Morgan fingerprint density at radius 3 is 2.38 bits per heavy atom. The van der Waals surface area contributed by atoms with E-state index in [4.69, 9.17) is 9.47 Å². The number of nitrogens with one attached hydrogen (secondary N) is 2. The van der Waals surface area contributed by atoms with Crippen molar-refractivity contribution in [3.63, 3.8) is 0 Å². The third kappa shape index (κ3) is 5.32. The summed E-state index contributed by atoms with van der Waals surface area (Å²) in [5.74, 6) is 0.103. The van der Waals surface area contributed by atoms with Crippen molar-refractivity contribution < 1.29 is 19.1 Å². The van der Waals surface area contributed by atoms with Gasteiger partial charge in [0, 0.05) is 13.7 Å². The molecule has 138 valence electrons. The van der Waals surface area contributed by atoms with Crippen LogP contribution in [0.5, 0.6) is 5.75 Å². The average Bonchev–Trinajstić information content (AvgIpc) is 2.62. The number of carbonyl (C=O) groups is 2. The van der Waals surface area contributed by atoms with Crippen molar-refractivity contribution >= 4 is 17.5 Å². The van der Waals surface area contributed by atoms with Gasteiger partial charge in [-0.3, -0.25) is 9.59 Å². The largest absolute Gasteiger partial charge is 0.483 e. The second-order valence-corrected chi connectivity index (χ2v) is 5.85. The van der Waals surface area contributed by atoms with Crippen LogP contribution in [0.2, 0.25) is 0 Å². The van der Waals surface area contributed by atoms with Gasteiger partial charge in [-0.15, -0.1) is 0 Å². The summed E-state index contributed by atoms with van der Waals surface area (Å²) in [4.78, 5) is 24.5. The van der Waals surface area contributed by atoms with E-state index >= 15 is 0 Å². The summed E-state index contributed by atoms with van der Waals surface area (Å²) in [7, 11) is 1.57. The molecule has 0 aliphatic heterocycles. The van der Waals surface area contributed by atoms with Gasteiger partial charge in [0.2, 0.25) is 0 Å². The van der Waals surface area contributed by atoms with E-state index in [0.29, 0.717) is 30.2 Å². The van der Waals surface area contributed by atoms with Crippen LogP contribution < -0.4 is 15.4 Å². The molecule has 0 aromatic heterocycles. The molecule has 0 unspecified atom stereocenters. The minimum Gasteiger partial charge on any atom is -0.483 e. The molecule has 0 atom stereocenters. The minimum absolute atomic E-state index is 0.134. The van der Waals surface area contributed by atoms with Gasteiger partial charge < -0.3 is 20.1 Å². The van der Waals surface area contributed by atoms with E-state index in [9.17, 15) is 9.59 Å². The molecule has 0 aliphatic rings. The first-order valence-electron chi connectivity index (χ1n) is 8.38. The molecular weight excluding hydrogens is 332 g/mol. The van der Waals surface area contributed by atoms with Crippen molar-refractivity contribution in [1.82, 2.24) is 5.32 Å². The Labute approximate surface area is 153 Å². The Hall–Kier alpha value is -2.86. The molecule has 2 aromatic rings. The number of hydrogen-bond acceptors (Lipinski definition) is 4. The molecule has 2 rings (SSSR count). The summed E-state index contributed by atoms with van der Waals surface area (Å²) in [6, 6.07) is 12.6. The molecule has 0 fully saturated rings. The van der Waals surface area contributed by atoms with Gasteiger partial charge >= 0.3 is 0 Å². The first-order valence-corrected chi connectivity index (χ1v) is 8.38. The van der Waals surface area contributed by atoms with Gasteiger partial charge in [0.15, 0.2) is 6.61 Å². The maximum atomic E-state index is 12.3. The first kappa shape index (κ1) is 19.5. The number of anilines is 1. The first-order chi connectivity index (χ1) is 12.5. The highest BCUT2D eigenvalue weighted by molar-refractivity contribution is 6.04. The van der Waals surface area contributed by atoms with Crippen molar-refractivity contribution in [2.24, 2.45) is 0 Å². The van der Waals surface area contributed by atoms with Gasteiger partial charge in [0.1, 0.15) is 5.75 Å². The molecule has 0 radical (unpaired) electrons. The number of ether oxygens (including phenoxy) is 2. The molecule has 0 heterocycles. The summed E-state index contributed by atoms with van der Waals surface area (Å²) < 4.78 is 10.6. The van der Waals surface area contributed by atoms with Crippen LogP contribution in [0.4, 0.5) is 5.69 Å². The van der Waals surface area contributed by atoms with E-state index < -0.39 is 0 Å². The number of carbonyl (C=O) groups excluding carboxylic acids is 2. The van der Waals surface area contributed by atoms with Gasteiger partial charge in [-0.25, -0.2) is 0 Å². The summed E-state index contributed by atoms with van der Waals surface area (Å²) in [6.07, 6.45) is 0. The minimum atomic E-state index is -0.329. The van der Waals surface area contributed by atoms with Gasteiger partial charge in [0.25, 0.3) is 11.8 Å². The molecule has 2 amide bonds. The zero-order valence-corrected chi connectivity index (χ0v) is 15.3. The fourth-order valence-corrected chi connectivity index (χ4v) is 2.50. The van der Waals surface area contributed by atoms with Crippen LogP contribution in [0.25, 0.3) is 0 Å². The topological polar surface area (TPSA) is 76.7 Å². The summed E-state index contributed by atoms with van der Waals surface area (Å²) in [6.45, 7) is 4.54. The Morgan fingerprint density at radius 2 is 1.69 bits per heavy atom. The normalized spacial score (nSPS) is 10.3. The van der Waals surface area contributed by atoms with Crippen LogP contribution in [0.3, 0.4) is 0 Å². The smallest absolute Gasteiger partial charge is 0.262 e. The molecular formula is C20H24N2O4. The lowest BCUT2D eigenvalue weighted by atomic mass is 10.1. The van der Waals surface area contributed by atoms with E-state index in [-0.39, 0.29) is 18.4 Å². The standard InChI is InChI=1S/C20H24N2O4/c1-14-7-6-8-15(2)19(14)26-13-18(23)22-17-10-5-4-9-16(17)20(24)21-11-12-25-3/h4-10H,11-13H2,1-3H3,(H,21,24)(H,22,23). The quantitative estimate of drug-likeness (QED) is 0.713. The zero-order chi connectivity index (χ0) is 18.9. The van der Waals surface area contributed by atoms with E-state index in [1.807, 2.05) is 32.0 Å².